The molecule has 1 N–H and O–H groups in total. The van der Waals surface area contributed by atoms with E-state index < -0.39 is 0 Å². The van der Waals surface area contributed by atoms with Gasteiger partial charge in [-0.2, -0.15) is 0 Å². The molecule has 160 valence electrons. The van der Waals surface area contributed by atoms with Crippen LogP contribution in [0.15, 0.2) is 46.2 Å². The van der Waals surface area contributed by atoms with Crippen LogP contribution in [0.1, 0.15) is 30.5 Å². The average Bonchev–Trinajstić information content (AvgIpc) is 3.39. The van der Waals surface area contributed by atoms with Crippen molar-refractivity contribution >= 4 is 29.3 Å². The highest BCUT2D eigenvalue weighted by Gasteiger charge is 2.13. The van der Waals surface area contributed by atoms with E-state index in [0.717, 1.165) is 47.4 Å². The zero-order chi connectivity index (χ0) is 21.3. The zero-order valence-corrected chi connectivity index (χ0v) is 18.6. The Bertz CT molecular complexity index is 959. The molecule has 0 saturated carbocycles. The number of amides is 1. The van der Waals surface area contributed by atoms with Crippen LogP contribution >= 0.6 is 23.4 Å². The summed E-state index contributed by atoms with van der Waals surface area (Å²) in [5, 5.41) is 12.8. The molecule has 1 aromatic carbocycles. The van der Waals surface area contributed by atoms with E-state index in [2.05, 4.69) is 15.5 Å². The van der Waals surface area contributed by atoms with Crippen molar-refractivity contribution in [2.75, 3.05) is 12.4 Å². The first-order chi connectivity index (χ1) is 14.6. The molecule has 9 heteroatoms. The summed E-state index contributed by atoms with van der Waals surface area (Å²) < 4.78 is 13.1. The van der Waals surface area contributed by atoms with Crippen LogP contribution in [-0.2, 0) is 24.3 Å². The largest absolute Gasteiger partial charge is 0.493 e. The third kappa shape index (κ3) is 6.27. The topological polar surface area (TPSA) is 82.2 Å². The number of aromatic nitrogens is 3. The molecule has 0 aliphatic heterocycles. The highest BCUT2D eigenvalue weighted by molar-refractivity contribution is 7.99. The second-order valence-corrected chi connectivity index (χ2v) is 8.03. The van der Waals surface area contributed by atoms with Gasteiger partial charge in [-0.25, -0.2) is 0 Å². The summed E-state index contributed by atoms with van der Waals surface area (Å²) in [7, 11) is 0. The van der Waals surface area contributed by atoms with Crippen LogP contribution in [0, 0.1) is 6.92 Å². The number of furan rings is 1. The molecule has 3 rings (SSSR count). The standard InChI is InChI=1S/C21H25ClN4O3S/c1-3-26-19(7-5-11-29-18-9-8-16(22)12-15(18)2)24-25-21(26)30-14-20(27)23-13-17-6-4-10-28-17/h4,6,8-10,12H,3,5,7,11,13-14H2,1-2H3,(H,23,27). The fourth-order valence-corrected chi connectivity index (χ4v) is 3.97. The smallest absolute Gasteiger partial charge is 0.230 e. The summed E-state index contributed by atoms with van der Waals surface area (Å²) in [5.74, 6) is 2.66. The Morgan fingerprint density at radius 3 is 2.93 bits per heavy atom. The number of hydrogen-bond acceptors (Lipinski definition) is 6. The number of rotatable bonds is 11. The molecule has 0 radical (unpaired) electrons. The summed E-state index contributed by atoms with van der Waals surface area (Å²) >= 11 is 7.36. The molecule has 0 spiro atoms. The number of thioether (sulfide) groups is 1. The third-order valence-corrected chi connectivity index (χ3v) is 5.62. The van der Waals surface area contributed by atoms with Crippen molar-refractivity contribution in [2.24, 2.45) is 0 Å². The van der Waals surface area contributed by atoms with Crippen LogP contribution in [0.25, 0.3) is 0 Å². The predicted molar refractivity (Wildman–Crippen MR) is 117 cm³/mol. The van der Waals surface area contributed by atoms with E-state index in [1.54, 1.807) is 12.3 Å². The van der Waals surface area contributed by atoms with Crippen molar-refractivity contribution in [2.45, 2.75) is 44.9 Å². The number of aryl methyl sites for hydroxylation is 2. The van der Waals surface area contributed by atoms with E-state index in [0.29, 0.717) is 18.2 Å². The van der Waals surface area contributed by atoms with E-state index >= 15 is 0 Å². The van der Waals surface area contributed by atoms with Gasteiger partial charge in [0, 0.05) is 18.0 Å². The van der Waals surface area contributed by atoms with Gasteiger partial charge in [0.05, 0.1) is 25.2 Å². The lowest BCUT2D eigenvalue weighted by Gasteiger charge is -2.10. The van der Waals surface area contributed by atoms with Gasteiger partial charge in [-0.15, -0.1) is 10.2 Å². The monoisotopic (exact) mass is 448 g/mol. The van der Waals surface area contributed by atoms with Gasteiger partial charge in [-0.05, 0) is 56.2 Å². The van der Waals surface area contributed by atoms with Crippen molar-refractivity contribution in [3.63, 3.8) is 0 Å². The number of halogens is 1. The second-order valence-electron chi connectivity index (χ2n) is 6.65. The Balaban J connectivity index is 1.44. The van der Waals surface area contributed by atoms with Gasteiger partial charge >= 0.3 is 0 Å². The maximum atomic E-state index is 12.1. The molecule has 7 nitrogen and oxygen atoms in total. The fraction of sp³-hybridized carbons (Fsp3) is 0.381. The number of nitrogens with one attached hydrogen (secondary N) is 1. The molecule has 0 fully saturated rings. The average molecular weight is 449 g/mol. The Kier molecular flexibility index (Phi) is 8.21. The maximum Gasteiger partial charge on any atom is 0.230 e. The third-order valence-electron chi connectivity index (χ3n) is 4.42. The Morgan fingerprint density at radius 1 is 1.33 bits per heavy atom. The Hall–Kier alpha value is -2.45. The van der Waals surface area contributed by atoms with Crippen LogP contribution in [0.5, 0.6) is 5.75 Å². The summed E-state index contributed by atoms with van der Waals surface area (Å²) in [5.41, 5.74) is 1.02. The van der Waals surface area contributed by atoms with Crippen molar-refractivity contribution in [1.82, 2.24) is 20.1 Å². The molecule has 2 aromatic heterocycles. The number of nitrogens with zero attached hydrogens (tertiary/aromatic N) is 3. The zero-order valence-electron chi connectivity index (χ0n) is 17.1. The van der Waals surface area contributed by atoms with E-state index in [-0.39, 0.29) is 11.7 Å². The molecule has 0 atom stereocenters. The molecule has 30 heavy (non-hydrogen) atoms. The number of benzene rings is 1. The molecule has 0 unspecified atom stereocenters. The predicted octanol–water partition coefficient (Wildman–Crippen LogP) is 4.27. The molecular weight excluding hydrogens is 424 g/mol. The Labute approximate surface area is 185 Å². The quantitative estimate of drug-likeness (QED) is 0.348. The molecule has 2 heterocycles. The summed E-state index contributed by atoms with van der Waals surface area (Å²) in [4.78, 5) is 12.1. The van der Waals surface area contributed by atoms with Gasteiger partial charge in [-0.3, -0.25) is 4.79 Å². The number of carbonyl (C=O) groups excluding carboxylic acids is 1. The minimum atomic E-state index is -0.0738. The van der Waals surface area contributed by atoms with Gasteiger partial charge in [0.25, 0.3) is 0 Å². The van der Waals surface area contributed by atoms with E-state index in [9.17, 15) is 4.79 Å². The Morgan fingerprint density at radius 2 is 2.20 bits per heavy atom. The normalized spacial score (nSPS) is 10.9. The van der Waals surface area contributed by atoms with Gasteiger partial charge < -0.3 is 19.0 Å². The summed E-state index contributed by atoms with van der Waals surface area (Å²) in [6.07, 6.45) is 3.15. The minimum absolute atomic E-state index is 0.0738. The fourth-order valence-electron chi connectivity index (χ4n) is 2.90. The highest BCUT2D eigenvalue weighted by atomic mass is 35.5. The van der Waals surface area contributed by atoms with Gasteiger partial charge in [0.15, 0.2) is 5.16 Å². The number of hydrogen-bond donors (Lipinski definition) is 1. The van der Waals surface area contributed by atoms with Crippen LogP contribution < -0.4 is 10.1 Å². The lowest BCUT2D eigenvalue weighted by Crippen LogP contribution is -2.24. The van der Waals surface area contributed by atoms with Crippen molar-refractivity contribution in [3.8, 4) is 5.75 Å². The van der Waals surface area contributed by atoms with Crippen LogP contribution in [0.2, 0.25) is 5.02 Å². The van der Waals surface area contributed by atoms with Crippen molar-refractivity contribution < 1.29 is 13.9 Å². The molecule has 0 aliphatic carbocycles. The SMILES string of the molecule is CCn1c(CCCOc2ccc(Cl)cc2C)nnc1SCC(=O)NCc1ccco1. The van der Waals surface area contributed by atoms with Gasteiger partial charge in [0.1, 0.15) is 17.3 Å². The van der Waals surface area contributed by atoms with E-state index in [4.69, 9.17) is 20.8 Å². The van der Waals surface area contributed by atoms with Crippen molar-refractivity contribution in [1.29, 1.82) is 0 Å². The van der Waals surface area contributed by atoms with E-state index in [1.165, 1.54) is 11.8 Å². The van der Waals surface area contributed by atoms with Crippen LogP contribution in [0.4, 0.5) is 0 Å². The molecule has 1 amide bonds. The van der Waals surface area contributed by atoms with Gasteiger partial charge in [0.2, 0.25) is 5.91 Å². The van der Waals surface area contributed by atoms with Crippen LogP contribution in [-0.4, -0.2) is 33.0 Å². The molecule has 3 aromatic rings. The first-order valence-corrected chi connectivity index (χ1v) is 11.2. The summed E-state index contributed by atoms with van der Waals surface area (Å²) in [6, 6.07) is 9.22. The van der Waals surface area contributed by atoms with E-state index in [1.807, 2.05) is 42.7 Å². The maximum absolute atomic E-state index is 12.1. The van der Waals surface area contributed by atoms with Crippen LogP contribution in [0.3, 0.4) is 0 Å². The molecule has 0 saturated heterocycles. The molecule has 0 aliphatic rings. The van der Waals surface area contributed by atoms with Gasteiger partial charge in [-0.1, -0.05) is 23.4 Å². The first kappa shape index (κ1) is 22.2. The summed E-state index contributed by atoms with van der Waals surface area (Å²) in [6.45, 7) is 5.72. The highest BCUT2D eigenvalue weighted by Crippen LogP contribution is 2.22. The second kappa shape index (κ2) is 11.1. The minimum Gasteiger partial charge on any atom is -0.493 e. The first-order valence-electron chi connectivity index (χ1n) is 9.79. The lowest BCUT2D eigenvalue weighted by molar-refractivity contribution is -0.118. The number of ether oxygens (including phenoxy) is 1. The molecule has 0 bridgehead atoms. The number of carbonyl (C=O) groups is 1. The lowest BCUT2D eigenvalue weighted by atomic mass is 10.2. The molecular formula is C21H25ClN4O3S. The van der Waals surface area contributed by atoms with Crippen molar-refractivity contribution in [3.05, 3.63) is 58.8 Å².